The number of aliphatic hydroxyl groups is 2. The maximum Gasteiger partial charge on any atom is 0.271 e. The number of para-hydroxylation sites is 1. The number of carbonyl (C=O) groups excluding carboxylic acids is 2. The van der Waals surface area contributed by atoms with Gasteiger partial charge in [-0.05, 0) is 30.4 Å². The normalized spacial score (nSPS) is 27.0. The Morgan fingerprint density at radius 3 is 2.69 bits per heavy atom. The summed E-state index contributed by atoms with van der Waals surface area (Å²) in [7, 11) is 0. The smallest absolute Gasteiger partial charge is 0.271 e. The second-order valence-electron chi connectivity index (χ2n) is 12.2. The molecule has 0 bridgehead atoms. The highest BCUT2D eigenvalue weighted by Crippen LogP contribution is 2.45. The third kappa shape index (κ3) is 4.93. The molecule has 1 fully saturated rings. The fourth-order valence-electron chi connectivity index (χ4n) is 6.45. The van der Waals surface area contributed by atoms with Gasteiger partial charge >= 0.3 is 0 Å². The summed E-state index contributed by atoms with van der Waals surface area (Å²) in [6, 6.07) is 5.25. The quantitative estimate of drug-likeness (QED) is 0.167. The Morgan fingerprint density at radius 1 is 1.16 bits per heavy atom. The van der Waals surface area contributed by atoms with Crippen LogP contribution in [-0.4, -0.2) is 105 Å². The second kappa shape index (κ2) is 11.0. The Bertz CT molecular complexity index is 1560. The van der Waals surface area contributed by atoms with Gasteiger partial charge in [0.25, 0.3) is 11.8 Å². The van der Waals surface area contributed by atoms with Gasteiger partial charge in [-0.2, -0.15) is 0 Å². The molecule has 1 spiro atoms. The summed E-state index contributed by atoms with van der Waals surface area (Å²) in [6.07, 6.45) is 1.60. The van der Waals surface area contributed by atoms with Gasteiger partial charge in [-0.3, -0.25) is 9.59 Å². The first-order valence-corrected chi connectivity index (χ1v) is 14.9. The summed E-state index contributed by atoms with van der Waals surface area (Å²) in [5.74, 6) is -3.08. The van der Waals surface area contributed by atoms with Crippen molar-refractivity contribution in [3.8, 4) is 11.6 Å². The third-order valence-corrected chi connectivity index (χ3v) is 8.87. The van der Waals surface area contributed by atoms with E-state index in [0.29, 0.717) is 24.8 Å². The van der Waals surface area contributed by atoms with Crippen molar-refractivity contribution in [3.05, 3.63) is 47.2 Å². The molecule has 0 aliphatic carbocycles. The highest BCUT2D eigenvalue weighted by Gasteiger charge is 2.73. The van der Waals surface area contributed by atoms with Crippen molar-refractivity contribution < 1.29 is 29.3 Å². The van der Waals surface area contributed by atoms with Crippen LogP contribution in [0.2, 0.25) is 0 Å². The van der Waals surface area contributed by atoms with E-state index in [0.717, 1.165) is 18.4 Å². The van der Waals surface area contributed by atoms with E-state index in [1.807, 2.05) is 13.0 Å². The summed E-state index contributed by atoms with van der Waals surface area (Å²) in [4.78, 5) is 36.9. The number of amides is 2. The lowest BCUT2D eigenvalue weighted by Gasteiger charge is -2.49. The van der Waals surface area contributed by atoms with Gasteiger partial charge in [-0.1, -0.05) is 32.9 Å². The number of guanidine groups is 2. The van der Waals surface area contributed by atoms with Crippen molar-refractivity contribution in [1.82, 2.24) is 31.0 Å². The number of rotatable bonds is 8. The summed E-state index contributed by atoms with van der Waals surface area (Å²) in [5, 5.41) is 39.8. The van der Waals surface area contributed by atoms with Gasteiger partial charge in [-0.25, -0.2) is 9.98 Å². The van der Waals surface area contributed by atoms with E-state index >= 15 is 0 Å². The number of aliphatic imine (C=N–C) groups is 2. The highest BCUT2D eigenvalue weighted by molar-refractivity contribution is 5.98. The minimum absolute atomic E-state index is 0.0493. The molecule has 1 saturated heterocycles. The molecule has 1 aromatic heterocycles. The fraction of sp³-hybridized carbons (Fsp3) is 0.517. The maximum atomic E-state index is 13.6. The van der Waals surface area contributed by atoms with Crippen LogP contribution in [0.25, 0.3) is 0 Å². The van der Waals surface area contributed by atoms with Gasteiger partial charge in [-0.15, -0.1) is 10.2 Å². The summed E-state index contributed by atoms with van der Waals surface area (Å²) in [5.41, 5.74) is 11.7. The Labute approximate surface area is 259 Å². The molecular formula is C29H38N10O6. The molecule has 240 valence electrons. The number of benzene rings is 1. The van der Waals surface area contributed by atoms with Crippen LogP contribution in [0.3, 0.4) is 0 Å². The van der Waals surface area contributed by atoms with Crippen molar-refractivity contribution >= 4 is 23.7 Å². The van der Waals surface area contributed by atoms with E-state index in [4.69, 9.17) is 20.9 Å². The van der Waals surface area contributed by atoms with E-state index < -0.39 is 41.4 Å². The molecule has 5 heterocycles. The molecule has 6 rings (SSSR count). The zero-order valence-electron chi connectivity index (χ0n) is 25.3. The predicted molar refractivity (Wildman–Crippen MR) is 162 cm³/mol. The van der Waals surface area contributed by atoms with E-state index in [2.05, 4.69) is 50.0 Å². The van der Waals surface area contributed by atoms with E-state index in [1.165, 1.54) is 11.0 Å². The Kier molecular flexibility index (Phi) is 7.43. The SMILES string of the molecule is CCCOc1ccc(C(=O)NC[C@@H]2N=C(N)N3CC(NC(=O)c4cccc5c4OCCC5(C)C)C(O)(O)[C@@]34NC(N)=N[C@@H]24)nn1. The average Bonchev–Trinajstić information content (AvgIpc) is 3.48. The fourth-order valence-corrected chi connectivity index (χ4v) is 6.45. The second-order valence-corrected chi connectivity index (χ2v) is 12.2. The van der Waals surface area contributed by atoms with E-state index in [-0.39, 0.29) is 41.7 Å². The molecule has 45 heavy (non-hydrogen) atoms. The molecule has 0 radical (unpaired) electrons. The lowest BCUT2D eigenvalue weighted by molar-refractivity contribution is -0.230. The van der Waals surface area contributed by atoms with Crippen LogP contribution in [0.5, 0.6) is 11.6 Å². The average molecular weight is 623 g/mol. The number of ether oxygens (including phenoxy) is 2. The largest absolute Gasteiger partial charge is 0.492 e. The van der Waals surface area contributed by atoms with Crippen molar-refractivity contribution in [3.63, 3.8) is 0 Å². The summed E-state index contributed by atoms with van der Waals surface area (Å²) < 4.78 is 11.3. The standard InChI is InChI=1S/C29H38N10O6/c1-4-11-44-20-9-8-17(37-38-20)24(41)32-13-18-22-28(36-25(30)35-22)29(42,43)19(14-39(28)26(31)33-18)34-23(40)15-6-5-7-16-21(15)45-12-10-27(16,2)3/h5-9,18-19,22,42-43H,4,10-14H2,1-3H3,(H2,31,33)(H,32,41)(H,34,40)(H3,30,35,36)/t18-,19?,22-,28-/m0/s1. The van der Waals surface area contributed by atoms with Gasteiger partial charge in [0.05, 0.1) is 24.8 Å². The zero-order valence-corrected chi connectivity index (χ0v) is 25.3. The molecule has 0 saturated carbocycles. The summed E-state index contributed by atoms with van der Waals surface area (Å²) >= 11 is 0. The Morgan fingerprint density at radius 2 is 1.96 bits per heavy atom. The molecule has 4 atom stereocenters. The van der Waals surface area contributed by atoms with Gasteiger partial charge in [0.1, 0.15) is 17.8 Å². The minimum Gasteiger partial charge on any atom is -0.492 e. The first-order chi connectivity index (χ1) is 21.4. The maximum absolute atomic E-state index is 13.6. The van der Waals surface area contributed by atoms with Crippen molar-refractivity contribution in [2.45, 2.75) is 68.6 Å². The molecular weight excluding hydrogens is 584 g/mol. The molecule has 16 heteroatoms. The van der Waals surface area contributed by atoms with Crippen LogP contribution in [0.4, 0.5) is 0 Å². The number of hydrogen-bond donors (Lipinski definition) is 7. The Hall–Kier alpha value is -4.70. The predicted octanol–water partition coefficient (Wildman–Crippen LogP) is -1.47. The van der Waals surface area contributed by atoms with Gasteiger partial charge < -0.3 is 52.0 Å². The van der Waals surface area contributed by atoms with Gasteiger partial charge in [0, 0.05) is 24.7 Å². The van der Waals surface area contributed by atoms with Crippen LogP contribution in [0.1, 0.15) is 60.0 Å². The molecule has 2 aromatic rings. The van der Waals surface area contributed by atoms with Crippen LogP contribution in [0.15, 0.2) is 40.3 Å². The van der Waals surface area contributed by atoms with Crippen molar-refractivity contribution in [2.24, 2.45) is 21.5 Å². The monoisotopic (exact) mass is 622 g/mol. The lowest BCUT2D eigenvalue weighted by atomic mass is 9.79. The molecule has 4 aliphatic rings. The van der Waals surface area contributed by atoms with Crippen LogP contribution in [0, 0.1) is 0 Å². The minimum atomic E-state index is -2.64. The first kappa shape index (κ1) is 30.3. The van der Waals surface area contributed by atoms with Crippen LogP contribution in [-0.2, 0) is 5.41 Å². The van der Waals surface area contributed by atoms with Gasteiger partial charge in [0.15, 0.2) is 23.3 Å². The number of hydrogen-bond acceptors (Lipinski definition) is 14. The topological polar surface area (TPSA) is 235 Å². The molecule has 16 nitrogen and oxygen atoms in total. The van der Waals surface area contributed by atoms with E-state index in [1.54, 1.807) is 18.2 Å². The highest BCUT2D eigenvalue weighted by atomic mass is 16.5. The number of nitrogens with zero attached hydrogens (tertiary/aromatic N) is 5. The van der Waals surface area contributed by atoms with Crippen molar-refractivity contribution in [1.29, 1.82) is 0 Å². The van der Waals surface area contributed by atoms with Crippen molar-refractivity contribution in [2.75, 3.05) is 26.3 Å². The number of aromatic nitrogens is 2. The third-order valence-electron chi connectivity index (χ3n) is 8.87. The zero-order chi connectivity index (χ0) is 32.1. The first-order valence-electron chi connectivity index (χ1n) is 14.9. The molecule has 1 aromatic carbocycles. The number of nitrogens with one attached hydrogen (secondary N) is 3. The summed E-state index contributed by atoms with van der Waals surface area (Å²) in [6.45, 7) is 6.84. The molecule has 1 unspecified atom stereocenters. The van der Waals surface area contributed by atoms with E-state index in [9.17, 15) is 19.8 Å². The van der Waals surface area contributed by atoms with Gasteiger partial charge in [0.2, 0.25) is 11.7 Å². The lowest BCUT2D eigenvalue weighted by Crippen LogP contribution is -2.78. The number of fused-ring (bicyclic) bond motifs is 1. The van der Waals surface area contributed by atoms with Crippen LogP contribution < -0.4 is 36.9 Å². The molecule has 9 N–H and O–H groups in total. The number of carbonyl (C=O) groups is 2. The molecule has 4 aliphatic heterocycles. The Balaban J connectivity index is 1.21. The number of nitrogens with two attached hydrogens (primary N) is 2. The van der Waals surface area contributed by atoms with Crippen LogP contribution >= 0.6 is 0 Å². The molecule has 2 amide bonds.